The van der Waals surface area contributed by atoms with Crippen LogP contribution >= 0.6 is 0 Å². The van der Waals surface area contributed by atoms with Crippen LogP contribution < -0.4 is 10.5 Å². The Hall–Kier alpha value is -2.33. The molecule has 0 saturated carbocycles. The summed E-state index contributed by atoms with van der Waals surface area (Å²) in [5.74, 6) is 1.25. The molecule has 0 spiro atoms. The normalized spacial score (nSPS) is 24.6. The zero-order chi connectivity index (χ0) is 17.4. The van der Waals surface area contributed by atoms with Gasteiger partial charge in [-0.1, -0.05) is 48.0 Å². The van der Waals surface area contributed by atoms with Crippen LogP contribution in [0.25, 0.3) is 0 Å². The number of carbonyl (C=O) groups is 1. The third-order valence-corrected chi connectivity index (χ3v) is 5.41. The first kappa shape index (κ1) is 16.2. The smallest absolute Gasteiger partial charge is 0.226 e. The number of hydrogen-bond acceptors (Lipinski definition) is 3. The summed E-state index contributed by atoms with van der Waals surface area (Å²) in [6.45, 7) is 3.26. The Morgan fingerprint density at radius 2 is 1.96 bits per heavy atom. The van der Waals surface area contributed by atoms with Gasteiger partial charge in [0, 0.05) is 30.9 Å². The Kier molecular flexibility index (Phi) is 4.00. The number of amides is 1. The first-order valence-corrected chi connectivity index (χ1v) is 9.00. The van der Waals surface area contributed by atoms with Crippen molar-refractivity contribution in [2.24, 2.45) is 5.73 Å². The zero-order valence-corrected chi connectivity index (χ0v) is 14.6. The van der Waals surface area contributed by atoms with E-state index in [0.29, 0.717) is 19.5 Å². The second kappa shape index (κ2) is 6.19. The number of likely N-dealkylation sites (tertiary alicyclic amines) is 1. The number of fused-ring (bicyclic) bond motifs is 4. The molecule has 2 aromatic rings. The van der Waals surface area contributed by atoms with Gasteiger partial charge in [-0.15, -0.1) is 0 Å². The first-order valence-electron chi connectivity index (χ1n) is 9.00. The van der Waals surface area contributed by atoms with Gasteiger partial charge in [0.1, 0.15) is 5.75 Å². The van der Waals surface area contributed by atoms with Gasteiger partial charge in [0.05, 0.1) is 0 Å². The molecule has 4 rings (SSSR count). The second-order valence-corrected chi connectivity index (χ2v) is 7.08. The number of rotatable bonds is 4. The highest BCUT2D eigenvalue weighted by Crippen LogP contribution is 2.52. The topological polar surface area (TPSA) is 55.6 Å². The maximum Gasteiger partial charge on any atom is 0.226 e. The number of nitrogens with two attached hydrogens (primary N) is 1. The lowest BCUT2D eigenvalue weighted by Crippen LogP contribution is -2.59. The number of nitrogens with zero attached hydrogens (tertiary/aromatic N) is 1. The van der Waals surface area contributed by atoms with E-state index in [1.54, 1.807) is 0 Å². The molecule has 0 aliphatic carbocycles. The Labute approximate surface area is 148 Å². The summed E-state index contributed by atoms with van der Waals surface area (Å²) in [7, 11) is 0. The van der Waals surface area contributed by atoms with E-state index in [0.717, 1.165) is 29.7 Å². The van der Waals surface area contributed by atoms with Gasteiger partial charge in [-0.3, -0.25) is 4.79 Å². The molecule has 2 N–H and O–H groups in total. The lowest BCUT2D eigenvalue weighted by molar-refractivity contribution is -0.173. The van der Waals surface area contributed by atoms with Gasteiger partial charge in [-0.2, -0.15) is 0 Å². The van der Waals surface area contributed by atoms with E-state index < -0.39 is 5.72 Å². The minimum Gasteiger partial charge on any atom is -0.463 e. The standard InChI is InChI=1S/C21H24N2O2/c1-15-7-9-17(10-8-15)21-14-16(13-20(24)23(21)12-4-11-22)18-5-2-3-6-19(18)25-21/h2-3,5-10,16H,4,11-14,22H2,1H3. The first-order chi connectivity index (χ1) is 12.1. The fraction of sp³-hybridized carbons (Fsp3) is 0.381. The molecule has 0 aromatic heterocycles. The van der Waals surface area contributed by atoms with E-state index in [2.05, 4.69) is 37.3 Å². The van der Waals surface area contributed by atoms with Crippen LogP contribution in [0.15, 0.2) is 48.5 Å². The summed E-state index contributed by atoms with van der Waals surface area (Å²) in [4.78, 5) is 14.9. The van der Waals surface area contributed by atoms with E-state index in [-0.39, 0.29) is 11.8 Å². The van der Waals surface area contributed by atoms with Crippen molar-refractivity contribution >= 4 is 5.91 Å². The number of piperidine rings is 1. The summed E-state index contributed by atoms with van der Waals surface area (Å²) < 4.78 is 6.56. The highest BCUT2D eigenvalue weighted by molar-refractivity contribution is 5.80. The second-order valence-electron chi connectivity index (χ2n) is 7.08. The van der Waals surface area contributed by atoms with Gasteiger partial charge in [-0.25, -0.2) is 0 Å². The number of benzene rings is 2. The van der Waals surface area contributed by atoms with Crippen molar-refractivity contribution in [3.05, 3.63) is 65.2 Å². The van der Waals surface area contributed by atoms with Crippen molar-refractivity contribution in [2.75, 3.05) is 13.1 Å². The van der Waals surface area contributed by atoms with Gasteiger partial charge in [0.2, 0.25) is 11.6 Å². The van der Waals surface area contributed by atoms with E-state index in [1.165, 1.54) is 5.56 Å². The maximum atomic E-state index is 13.0. The third-order valence-electron chi connectivity index (χ3n) is 5.41. The fourth-order valence-electron chi connectivity index (χ4n) is 4.15. The average molecular weight is 336 g/mol. The van der Waals surface area contributed by atoms with Gasteiger partial charge in [0.15, 0.2) is 0 Å². The highest BCUT2D eigenvalue weighted by Gasteiger charge is 2.52. The van der Waals surface area contributed by atoms with Crippen molar-refractivity contribution < 1.29 is 9.53 Å². The molecule has 1 amide bonds. The van der Waals surface area contributed by atoms with Gasteiger partial charge in [0.25, 0.3) is 0 Å². The van der Waals surface area contributed by atoms with Crippen molar-refractivity contribution in [3.8, 4) is 5.75 Å². The summed E-state index contributed by atoms with van der Waals surface area (Å²) in [6.07, 6.45) is 2.11. The third kappa shape index (κ3) is 2.61. The molecule has 4 heteroatoms. The molecule has 0 radical (unpaired) electrons. The van der Waals surface area contributed by atoms with E-state index in [4.69, 9.17) is 10.5 Å². The molecule has 2 unspecified atom stereocenters. The maximum absolute atomic E-state index is 13.0. The van der Waals surface area contributed by atoms with Gasteiger partial charge < -0.3 is 15.4 Å². The Bertz CT molecular complexity index is 787. The molecule has 1 fully saturated rings. The summed E-state index contributed by atoms with van der Waals surface area (Å²) in [5.41, 5.74) is 8.39. The van der Waals surface area contributed by atoms with Crippen molar-refractivity contribution in [2.45, 2.75) is 37.8 Å². The molecule has 2 aromatic carbocycles. The van der Waals surface area contributed by atoms with Crippen LogP contribution in [-0.2, 0) is 10.5 Å². The number of ether oxygens (including phenoxy) is 1. The van der Waals surface area contributed by atoms with Crippen LogP contribution in [-0.4, -0.2) is 23.9 Å². The van der Waals surface area contributed by atoms with Crippen molar-refractivity contribution in [1.82, 2.24) is 4.90 Å². The van der Waals surface area contributed by atoms with Crippen LogP contribution in [0.4, 0.5) is 0 Å². The van der Waals surface area contributed by atoms with E-state index in [1.807, 2.05) is 23.1 Å². The highest BCUT2D eigenvalue weighted by atomic mass is 16.5. The molecule has 2 aliphatic rings. The van der Waals surface area contributed by atoms with Crippen molar-refractivity contribution in [1.29, 1.82) is 0 Å². The average Bonchev–Trinajstić information content (AvgIpc) is 2.62. The van der Waals surface area contributed by atoms with Crippen LogP contribution in [0.2, 0.25) is 0 Å². The molecule has 2 bridgehead atoms. The lowest BCUT2D eigenvalue weighted by atomic mass is 9.77. The number of para-hydroxylation sites is 1. The predicted octanol–water partition coefficient (Wildman–Crippen LogP) is 3.30. The van der Waals surface area contributed by atoms with Crippen molar-refractivity contribution in [3.63, 3.8) is 0 Å². The molecule has 4 nitrogen and oxygen atoms in total. The summed E-state index contributed by atoms with van der Waals surface area (Å²) >= 11 is 0. The lowest BCUT2D eigenvalue weighted by Gasteiger charge is -2.52. The van der Waals surface area contributed by atoms with Gasteiger partial charge >= 0.3 is 0 Å². The van der Waals surface area contributed by atoms with E-state index >= 15 is 0 Å². The molecule has 2 atom stereocenters. The van der Waals surface area contributed by atoms with Crippen LogP contribution in [0.5, 0.6) is 5.75 Å². The largest absolute Gasteiger partial charge is 0.463 e. The molecule has 1 saturated heterocycles. The number of aryl methyl sites for hydroxylation is 1. The SMILES string of the molecule is Cc1ccc(C23CC(CC(=O)N2CCCN)c2ccccc2O3)cc1. The monoisotopic (exact) mass is 336 g/mol. The molecule has 130 valence electrons. The molecular formula is C21H24N2O2. The number of hydrogen-bond donors (Lipinski definition) is 1. The molecule has 2 aliphatic heterocycles. The zero-order valence-electron chi connectivity index (χ0n) is 14.6. The summed E-state index contributed by atoms with van der Waals surface area (Å²) in [6, 6.07) is 16.5. The quantitative estimate of drug-likeness (QED) is 0.932. The Morgan fingerprint density at radius 1 is 1.20 bits per heavy atom. The Balaban J connectivity index is 1.85. The molecule has 25 heavy (non-hydrogen) atoms. The van der Waals surface area contributed by atoms with E-state index in [9.17, 15) is 4.79 Å². The predicted molar refractivity (Wildman–Crippen MR) is 97.3 cm³/mol. The fourth-order valence-corrected chi connectivity index (χ4v) is 4.15. The van der Waals surface area contributed by atoms with Gasteiger partial charge in [-0.05, 0) is 31.5 Å². The number of carbonyl (C=O) groups excluding carboxylic acids is 1. The van der Waals surface area contributed by atoms with Crippen LogP contribution in [0.3, 0.4) is 0 Å². The Morgan fingerprint density at radius 3 is 2.72 bits per heavy atom. The van der Waals surface area contributed by atoms with Crippen LogP contribution in [0.1, 0.15) is 41.9 Å². The summed E-state index contributed by atoms with van der Waals surface area (Å²) in [5, 5.41) is 0. The molecule has 2 heterocycles. The molecular weight excluding hydrogens is 312 g/mol. The van der Waals surface area contributed by atoms with Crippen LogP contribution in [0, 0.1) is 6.92 Å². The minimum absolute atomic E-state index is 0.153. The minimum atomic E-state index is -0.725.